The first-order chi connectivity index (χ1) is 15.2. The molecule has 2 aliphatic heterocycles. The van der Waals surface area contributed by atoms with E-state index in [4.69, 9.17) is 9.47 Å². The van der Waals surface area contributed by atoms with E-state index in [9.17, 15) is 22.4 Å². The topological polar surface area (TPSA) is 81.0 Å². The number of hydrogen-bond acceptors (Lipinski definition) is 6. The summed E-state index contributed by atoms with van der Waals surface area (Å²) in [6.45, 7) is -0.896. The number of pyridine rings is 1. The van der Waals surface area contributed by atoms with Crippen LogP contribution in [0.4, 0.5) is 23.4 Å². The fraction of sp³-hybridized carbons (Fsp3) is 0.350. The van der Waals surface area contributed by atoms with Crippen molar-refractivity contribution in [3.63, 3.8) is 0 Å². The third-order valence-electron chi connectivity index (χ3n) is 5.51. The maximum Gasteiger partial charge on any atom is 0.406 e. The molecule has 0 bridgehead atoms. The number of fused-ring (bicyclic) bond motifs is 3. The van der Waals surface area contributed by atoms with Crippen molar-refractivity contribution in [1.82, 2.24) is 19.5 Å². The van der Waals surface area contributed by atoms with E-state index in [0.29, 0.717) is 34.2 Å². The molecule has 1 aromatic carbocycles. The molecule has 2 aromatic heterocycles. The standard InChI is InChI=1S/C20H17F4N5O3/c1-28(8-20(22,23)24)19(30)11-4-15-18(29-9-26-27-17(11)29)25-5-12-13(21)2-3-14-16(12)10(6-31-14)7-32-15/h2-4,9-10,25H,5-8H2,1H3. The van der Waals surface area contributed by atoms with Gasteiger partial charge >= 0.3 is 6.18 Å². The molecule has 1 atom stereocenters. The maximum atomic E-state index is 14.6. The van der Waals surface area contributed by atoms with Gasteiger partial charge in [0.15, 0.2) is 17.2 Å². The van der Waals surface area contributed by atoms with Crippen molar-refractivity contribution in [2.45, 2.75) is 18.6 Å². The molecule has 1 amide bonds. The largest absolute Gasteiger partial charge is 0.493 e. The Bertz CT molecular complexity index is 1230. The van der Waals surface area contributed by atoms with Crippen LogP contribution < -0.4 is 14.8 Å². The van der Waals surface area contributed by atoms with E-state index in [0.717, 1.165) is 7.05 Å². The minimum absolute atomic E-state index is 0.0551. The molecule has 32 heavy (non-hydrogen) atoms. The molecule has 0 saturated carbocycles. The Kier molecular flexibility index (Phi) is 4.60. The van der Waals surface area contributed by atoms with Crippen LogP contribution in [-0.2, 0) is 6.54 Å². The summed E-state index contributed by atoms with van der Waals surface area (Å²) in [5, 5.41) is 10.8. The lowest BCUT2D eigenvalue weighted by atomic mass is 9.96. The Morgan fingerprint density at radius 1 is 1.28 bits per heavy atom. The predicted octanol–water partition coefficient (Wildman–Crippen LogP) is 2.98. The number of benzene rings is 1. The molecule has 0 fully saturated rings. The number of carbonyl (C=O) groups excluding carboxylic acids is 1. The number of halogens is 4. The Morgan fingerprint density at radius 2 is 2.03 bits per heavy atom. The molecule has 5 rings (SSSR count). The summed E-state index contributed by atoms with van der Waals surface area (Å²) in [7, 11) is 1.06. The van der Waals surface area contributed by atoms with E-state index in [-0.39, 0.29) is 36.0 Å². The molecule has 1 N–H and O–H groups in total. The molecule has 8 nitrogen and oxygen atoms in total. The van der Waals surface area contributed by atoms with Crippen LogP contribution in [0, 0.1) is 5.82 Å². The first-order valence-electron chi connectivity index (χ1n) is 9.72. The van der Waals surface area contributed by atoms with E-state index in [1.54, 1.807) is 6.07 Å². The molecule has 4 heterocycles. The highest BCUT2D eigenvalue weighted by Crippen LogP contribution is 2.41. The third kappa shape index (κ3) is 3.35. The van der Waals surface area contributed by atoms with Gasteiger partial charge in [-0.05, 0) is 12.1 Å². The zero-order valence-corrected chi connectivity index (χ0v) is 16.7. The summed E-state index contributed by atoms with van der Waals surface area (Å²) in [6.07, 6.45) is -3.24. The molecule has 0 spiro atoms. The summed E-state index contributed by atoms with van der Waals surface area (Å²) < 4.78 is 66.0. The second kappa shape index (κ2) is 7.24. The lowest BCUT2D eigenvalue weighted by Gasteiger charge is -2.21. The monoisotopic (exact) mass is 451 g/mol. The second-order valence-electron chi connectivity index (χ2n) is 7.68. The zero-order chi connectivity index (χ0) is 22.6. The van der Waals surface area contributed by atoms with Crippen molar-refractivity contribution in [2.24, 2.45) is 0 Å². The highest BCUT2D eigenvalue weighted by molar-refractivity contribution is 6.00. The SMILES string of the molecule is CN(CC(F)(F)F)C(=O)c1cc2c(n3cnnc13)NCc1c(F)ccc3c1C(CO3)CO2. The smallest absolute Gasteiger partial charge is 0.406 e. The number of aromatic nitrogens is 3. The fourth-order valence-electron chi connectivity index (χ4n) is 4.09. The molecular weight excluding hydrogens is 434 g/mol. The quantitative estimate of drug-likeness (QED) is 0.604. The van der Waals surface area contributed by atoms with Crippen LogP contribution in [0.15, 0.2) is 24.5 Å². The van der Waals surface area contributed by atoms with E-state index in [2.05, 4.69) is 15.5 Å². The van der Waals surface area contributed by atoms with Gasteiger partial charge in [-0.1, -0.05) is 0 Å². The Hall–Kier alpha value is -3.57. The number of rotatable bonds is 2. The van der Waals surface area contributed by atoms with Crippen molar-refractivity contribution in [3.8, 4) is 11.5 Å². The Labute approximate surface area is 178 Å². The van der Waals surface area contributed by atoms with Crippen LogP contribution in [0.2, 0.25) is 0 Å². The summed E-state index contributed by atoms with van der Waals surface area (Å²) in [5.74, 6) is -0.363. The molecular formula is C20H17F4N5O3. The summed E-state index contributed by atoms with van der Waals surface area (Å²) in [5.41, 5.74) is 1.11. The van der Waals surface area contributed by atoms with E-state index >= 15 is 0 Å². The number of hydrogen-bond donors (Lipinski definition) is 1. The fourth-order valence-corrected chi connectivity index (χ4v) is 4.09. The van der Waals surface area contributed by atoms with Crippen LogP contribution in [0.25, 0.3) is 5.65 Å². The van der Waals surface area contributed by atoms with E-state index < -0.39 is 24.4 Å². The third-order valence-corrected chi connectivity index (χ3v) is 5.51. The summed E-state index contributed by atoms with van der Waals surface area (Å²) in [6, 6.07) is 4.25. The van der Waals surface area contributed by atoms with Gasteiger partial charge in [-0.25, -0.2) is 4.39 Å². The van der Waals surface area contributed by atoms with E-state index in [1.165, 1.54) is 22.9 Å². The van der Waals surface area contributed by atoms with Gasteiger partial charge in [-0.2, -0.15) is 13.2 Å². The molecule has 1 unspecified atom stereocenters. The molecule has 12 heteroatoms. The maximum absolute atomic E-state index is 14.6. The van der Waals surface area contributed by atoms with Crippen molar-refractivity contribution < 1.29 is 31.8 Å². The minimum Gasteiger partial charge on any atom is -0.493 e. The lowest BCUT2D eigenvalue weighted by molar-refractivity contribution is -0.138. The van der Waals surface area contributed by atoms with Crippen molar-refractivity contribution in [2.75, 3.05) is 32.1 Å². The van der Waals surface area contributed by atoms with Gasteiger partial charge in [0.1, 0.15) is 24.4 Å². The number of anilines is 1. The van der Waals surface area contributed by atoms with Crippen LogP contribution >= 0.6 is 0 Å². The minimum atomic E-state index is -4.55. The van der Waals surface area contributed by atoms with Gasteiger partial charge in [-0.15, -0.1) is 10.2 Å². The van der Waals surface area contributed by atoms with Crippen molar-refractivity contribution >= 4 is 17.4 Å². The van der Waals surface area contributed by atoms with Crippen LogP contribution in [0.5, 0.6) is 11.5 Å². The van der Waals surface area contributed by atoms with Crippen LogP contribution in [0.3, 0.4) is 0 Å². The van der Waals surface area contributed by atoms with Gasteiger partial charge in [0, 0.05) is 30.8 Å². The first kappa shape index (κ1) is 20.3. The average Bonchev–Trinajstić information content (AvgIpc) is 3.37. The molecule has 2 aliphatic rings. The molecule has 0 aliphatic carbocycles. The lowest BCUT2D eigenvalue weighted by Crippen LogP contribution is -2.36. The second-order valence-corrected chi connectivity index (χ2v) is 7.68. The van der Waals surface area contributed by atoms with E-state index in [1.807, 2.05) is 0 Å². The number of ether oxygens (including phenoxy) is 2. The highest BCUT2D eigenvalue weighted by atomic mass is 19.4. The zero-order valence-electron chi connectivity index (χ0n) is 16.7. The first-order valence-corrected chi connectivity index (χ1v) is 9.72. The predicted molar refractivity (Wildman–Crippen MR) is 103 cm³/mol. The Morgan fingerprint density at radius 3 is 2.78 bits per heavy atom. The van der Waals surface area contributed by atoms with Gasteiger partial charge < -0.3 is 19.7 Å². The Balaban J connectivity index is 1.58. The summed E-state index contributed by atoms with van der Waals surface area (Å²) >= 11 is 0. The number of carbonyl (C=O) groups is 1. The summed E-state index contributed by atoms with van der Waals surface area (Å²) in [4.78, 5) is 13.3. The van der Waals surface area contributed by atoms with Crippen LogP contribution in [0.1, 0.15) is 27.4 Å². The van der Waals surface area contributed by atoms with Crippen molar-refractivity contribution in [3.05, 3.63) is 47.0 Å². The highest BCUT2D eigenvalue weighted by Gasteiger charge is 2.34. The van der Waals surface area contributed by atoms with Gasteiger partial charge in [-0.3, -0.25) is 9.20 Å². The number of nitrogens with zero attached hydrogens (tertiary/aromatic N) is 4. The van der Waals surface area contributed by atoms with Gasteiger partial charge in [0.2, 0.25) is 0 Å². The van der Waals surface area contributed by atoms with Gasteiger partial charge in [0.05, 0.1) is 24.7 Å². The van der Waals surface area contributed by atoms with Crippen molar-refractivity contribution in [1.29, 1.82) is 0 Å². The number of alkyl halides is 3. The molecule has 0 saturated heterocycles. The molecule has 0 radical (unpaired) electrons. The number of amides is 1. The molecule has 168 valence electrons. The number of nitrogens with one attached hydrogen (secondary N) is 1. The normalized spacial score (nSPS) is 17.2. The van der Waals surface area contributed by atoms with Gasteiger partial charge in [0.25, 0.3) is 5.91 Å². The molecule has 3 aromatic rings. The van der Waals surface area contributed by atoms with Crippen LogP contribution in [-0.4, -0.2) is 58.4 Å². The average molecular weight is 451 g/mol.